The predicted octanol–water partition coefficient (Wildman–Crippen LogP) is 1.90. The molecule has 0 amide bonds. The van der Waals surface area contributed by atoms with E-state index in [9.17, 15) is 4.39 Å². The maximum absolute atomic E-state index is 14.9. The number of fused-ring (bicyclic) bond motifs is 4. The van der Waals surface area contributed by atoms with E-state index in [2.05, 4.69) is 15.5 Å². The van der Waals surface area contributed by atoms with Crippen LogP contribution in [0.4, 0.5) is 4.39 Å². The molecule has 1 aromatic carbocycles. The molecule has 0 aliphatic carbocycles. The van der Waals surface area contributed by atoms with E-state index in [0.717, 1.165) is 38.9 Å². The van der Waals surface area contributed by atoms with E-state index in [1.165, 1.54) is 6.07 Å². The number of rotatable bonds is 3. The Morgan fingerprint density at radius 2 is 2.18 bits per heavy atom. The Hall–Kier alpha value is -4.27. The first-order valence-corrected chi connectivity index (χ1v) is 11.1. The molecule has 0 bridgehead atoms. The Balaban J connectivity index is 1.50. The van der Waals surface area contributed by atoms with Gasteiger partial charge in [-0.15, -0.1) is 10.2 Å². The van der Waals surface area contributed by atoms with Crippen LogP contribution in [0.5, 0.6) is 5.75 Å². The number of ether oxygens (including phenoxy) is 1. The molecule has 9 heteroatoms. The summed E-state index contributed by atoms with van der Waals surface area (Å²) in [5.74, 6) is 2.29. The van der Waals surface area contributed by atoms with Gasteiger partial charge in [0.2, 0.25) is 5.82 Å². The van der Waals surface area contributed by atoms with Crippen molar-refractivity contribution < 1.29 is 13.5 Å². The van der Waals surface area contributed by atoms with E-state index in [0.29, 0.717) is 47.9 Å². The molecule has 0 saturated heterocycles. The molecule has 0 radical (unpaired) electrons. The van der Waals surface area contributed by atoms with Gasteiger partial charge < -0.3 is 14.5 Å². The van der Waals surface area contributed by atoms with Gasteiger partial charge in [0.05, 0.1) is 19.4 Å². The van der Waals surface area contributed by atoms with Gasteiger partial charge >= 0.3 is 0 Å². The van der Waals surface area contributed by atoms with Gasteiger partial charge in [-0.1, -0.05) is 6.07 Å². The number of aliphatic imine (C=N–C) groups is 1. The highest BCUT2D eigenvalue weighted by atomic mass is 19.1. The molecular weight excluding hydrogens is 435 g/mol. The first-order valence-electron chi connectivity index (χ1n) is 11.1. The highest BCUT2D eigenvalue weighted by molar-refractivity contribution is 6.24. The summed E-state index contributed by atoms with van der Waals surface area (Å²) >= 11 is 0. The van der Waals surface area contributed by atoms with Crippen LogP contribution in [0.25, 0.3) is 23.0 Å². The van der Waals surface area contributed by atoms with Crippen LogP contribution in [0, 0.1) is 5.82 Å². The normalized spacial score (nSPS) is 15.4. The van der Waals surface area contributed by atoms with Crippen LogP contribution in [0.1, 0.15) is 29.2 Å². The molecule has 0 saturated carbocycles. The third-order valence-electron chi connectivity index (χ3n) is 6.63. The van der Waals surface area contributed by atoms with Gasteiger partial charge in [0, 0.05) is 57.9 Å². The minimum Gasteiger partial charge on any atom is -0.493 e. The van der Waals surface area contributed by atoms with Crippen molar-refractivity contribution in [2.45, 2.75) is 26.4 Å². The van der Waals surface area contributed by atoms with Crippen molar-refractivity contribution in [3.05, 3.63) is 81.7 Å². The Morgan fingerprint density at radius 1 is 1.24 bits per heavy atom. The van der Waals surface area contributed by atoms with Crippen molar-refractivity contribution in [3.8, 4) is 17.3 Å². The topological polar surface area (TPSA) is 90.4 Å². The van der Waals surface area contributed by atoms with Crippen LogP contribution in [-0.2, 0) is 19.5 Å². The standard InChI is InChI=1S/C25H19FN6O2/c1-13-20-16-3-2-7-27-22(16)24(29-10-17-15-6-8-33-19(15)5-4-18(17)26)32-12-30-31-25(32)23-21(20)14(9-28-13)11-34-23/h2-5,7,11-12,29H,6,8-10H2,1H3. The monoisotopic (exact) mass is 454 g/mol. The summed E-state index contributed by atoms with van der Waals surface area (Å²) in [4.78, 5) is 9.44. The van der Waals surface area contributed by atoms with E-state index < -0.39 is 0 Å². The first-order chi connectivity index (χ1) is 16.7. The first kappa shape index (κ1) is 19.2. The van der Waals surface area contributed by atoms with Gasteiger partial charge in [0.25, 0.3) is 0 Å². The van der Waals surface area contributed by atoms with Crippen LogP contribution in [0.15, 0.2) is 52.5 Å². The Kier molecular flexibility index (Phi) is 4.02. The highest BCUT2D eigenvalue weighted by Gasteiger charge is 2.30. The van der Waals surface area contributed by atoms with E-state index in [-0.39, 0.29) is 12.4 Å². The summed E-state index contributed by atoms with van der Waals surface area (Å²) in [6.07, 6.45) is 5.78. The molecule has 0 unspecified atom stereocenters. The fraction of sp³-hybridized carbons (Fsp3) is 0.200. The van der Waals surface area contributed by atoms with Gasteiger partial charge in [-0.25, -0.2) is 4.39 Å². The summed E-state index contributed by atoms with van der Waals surface area (Å²) in [7, 11) is 0. The van der Waals surface area contributed by atoms with Crippen molar-refractivity contribution >= 4 is 17.1 Å². The van der Waals surface area contributed by atoms with Gasteiger partial charge in [-0.3, -0.25) is 14.5 Å². The number of hydrogen-bond acceptors (Lipinski definition) is 7. The summed E-state index contributed by atoms with van der Waals surface area (Å²) < 4.78 is 28.3. The van der Waals surface area contributed by atoms with Crippen molar-refractivity contribution in [3.63, 3.8) is 0 Å². The van der Waals surface area contributed by atoms with E-state index in [4.69, 9.17) is 19.1 Å². The van der Waals surface area contributed by atoms with Gasteiger partial charge in [-0.05, 0) is 25.1 Å². The number of nitrogens with one attached hydrogen (secondary N) is 1. The molecule has 0 atom stereocenters. The molecule has 0 fully saturated rings. The number of halogens is 1. The maximum Gasteiger partial charge on any atom is 0.206 e. The molecule has 1 N–H and O–H groups in total. The molecule has 3 aliphatic rings. The second-order valence-electron chi connectivity index (χ2n) is 8.47. The van der Waals surface area contributed by atoms with Crippen molar-refractivity contribution in [2.24, 2.45) is 4.99 Å². The molecule has 3 aromatic heterocycles. The molecule has 34 heavy (non-hydrogen) atoms. The summed E-state index contributed by atoms with van der Waals surface area (Å²) in [5.41, 5.74) is 5.31. The average Bonchev–Trinajstić information content (AvgIpc) is 3.59. The average molecular weight is 454 g/mol. The van der Waals surface area contributed by atoms with Crippen LogP contribution in [0.3, 0.4) is 0 Å². The third-order valence-corrected chi connectivity index (χ3v) is 6.63. The zero-order chi connectivity index (χ0) is 22.8. The second kappa shape index (κ2) is 7.11. The molecule has 3 aliphatic heterocycles. The highest BCUT2D eigenvalue weighted by Crippen LogP contribution is 2.36. The Bertz CT molecular complexity index is 1650. The smallest absolute Gasteiger partial charge is 0.206 e. The number of pyridine rings is 1. The second-order valence-corrected chi connectivity index (χ2v) is 8.47. The van der Waals surface area contributed by atoms with Gasteiger partial charge in [0.1, 0.15) is 29.1 Å². The lowest BCUT2D eigenvalue weighted by atomic mass is 9.92. The number of aromatic nitrogens is 4. The summed E-state index contributed by atoms with van der Waals surface area (Å²) in [6, 6.07) is 7.07. The predicted molar refractivity (Wildman–Crippen MR) is 122 cm³/mol. The minimum atomic E-state index is -0.268. The minimum absolute atomic E-state index is 0.250. The SMILES string of the molecule is CC1=NCc2coc3c2C1=c1cccnc1=C(NCc1c(F)ccc2c1CCO2)n1cnnc1-3. The lowest BCUT2D eigenvalue weighted by Crippen LogP contribution is -2.41. The zero-order valence-corrected chi connectivity index (χ0v) is 18.3. The molecule has 4 aromatic rings. The summed E-state index contributed by atoms with van der Waals surface area (Å²) in [6.45, 7) is 3.35. The van der Waals surface area contributed by atoms with E-state index in [1.54, 1.807) is 24.9 Å². The molecule has 0 spiro atoms. The number of benzene rings is 1. The lowest BCUT2D eigenvalue weighted by molar-refractivity contribution is 0.356. The number of nitrogens with zero attached hydrogens (tertiary/aromatic N) is 5. The van der Waals surface area contributed by atoms with E-state index in [1.807, 2.05) is 23.6 Å². The van der Waals surface area contributed by atoms with Crippen molar-refractivity contribution in [2.75, 3.05) is 6.61 Å². The molecule has 7 rings (SSSR count). The number of hydrogen-bond donors (Lipinski definition) is 1. The van der Waals surface area contributed by atoms with Crippen LogP contribution >= 0.6 is 0 Å². The summed E-state index contributed by atoms with van der Waals surface area (Å²) in [5, 5.41) is 13.6. The fourth-order valence-electron chi connectivity index (χ4n) is 5.05. The maximum atomic E-state index is 14.9. The van der Waals surface area contributed by atoms with Gasteiger partial charge in [-0.2, -0.15) is 0 Å². The van der Waals surface area contributed by atoms with Crippen molar-refractivity contribution in [1.82, 2.24) is 25.1 Å². The molecular formula is C25H19FN6O2. The van der Waals surface area contributed by atoms with E-state index >= 15 is 0 Å². The molecule has 6 heterocycles. The van der Waals surface area contributed by atoms with Crippen LogP contribution in [0.2, 0.25) is 0 Å². The molecule has 168 valence electrons. The Labute approximate surface area is 193 Å². The van der Waals surface area contributed by atoms with Crippen LogP contribution in [-0.4, -0.2) is 32.1 Å². The quantitative estimate of drug-likeness (QED) is 0.509. The zero-order valence-electron chi connectivity index (χ0n) is 18.3. The fourth-order valence-corrected chi connectivity index (χ4v) is 5.05. The lowest BCUT2D eigenvalue weighted by Gasteiger charge is -2.20. The van der Waals surface area contributed by atoms with Crippen LogP contribution < -0.4 is 20.6 Å². The third kappa shape index (κ3) is 2.63. The Morgan fingerprint density at radius 3 is 3.12 bits per heavy atom. The number of furan rings is 1. The largest absolute Gasteiger partial charge is 0.493 e. The van der Waals surface area contributed by atoms with Gasteiger partial charge in [0.15, 0.2) is 5.76 Å². The molecule has 8 nitrogen and oxygen atoms in total. The van der Waals surface area contributed by atoms with Crippen molar-refractivity contribution in [1.29, 1.82) is 0 Å².